The summed E-state index contributed by atoms with van der Waals surface area (Å²) >= 11 is 0. The van der Waals surface area contributed by atoms with Gasteiger partial charge in [-0.2, -0.15) is 5.10 Å². The van der Waals surface area contributed by atoms with Gasteiger partial charge >= 0.3 is 0 Å². The van der Waals surface area contributed by atoms with Crippen molar-refractivity contribution in [2.45, 2.75) is 52.6 Å². The molecule has 1 N–H and O–H groups in total. The maximum atomic E-state index is 4.66. The molecule has 1 saturated heterocycles. The van der Waals surface area contributed by atoms with Crippen LogP contribution in [0.5, 0.6) is 0 Å². The topological polar surface area (TPSA) is 29.9 Å². The van der Waals surface area contributed by atoms with Crippen LogP contribution >= 0.6 is 0 Å². The van der Waals surface area contributed by atoms with Gasteiger partial charge in [-0.1, -0.05) is 0 Å². The Morgan fingerprint density at radius 3 is 2.60 bits per heavy atom. The summed E-state index contributed by atoms with van der Waals surface area (Å²) in [7, 11) is 0. The molecule has 2 unspecified atom stereocenters. The lowest BCUT2D eigenvalue weighted by atomic mass is 10.0. The normalized spacial score (nSPS) is 26.9. The van der Waals surface area contributed by atoms with Crippen molar-refractivity contribution in [3.05, 3.63) is 17.0 Å². The van der Waals surface area contributed by atoms with Crippen molar-refractivity contribution in [3.8, 4) is 0 Å². The van der Waals surface area contributed by atoms with Gasteiger partial charge in [-0.3, -0.25) is 4.68 Å². The summed E-state index contributed by atoms with van der Waals surface area (Å²) in [5, 5.41) is 8.14. The van der Waals surface area contributed by atoms with Gasteiger partial charge in [0.2, 0.25) is 0 Å². The Kier molecular flexibility index (Phi) is 2.83. The van der Waals surface area contributed by atoms with Crippen LogP contribution in [0.3, 0.4) is 0 Å². The van der Waals surface area contributed by atoms with Crippen LogP contribution < -0.4 is 5.32 Å². The van der Waals surface area contributed by atoms with Crippen molar-refractivity contribution < 1.29 is 0 Å². The maximum absolute atomic E-state index is 4.66. The third-order valence-corrected chi connectivity index (χ3v) is 3.63. The zero-order valence-corrected chi connectivity index (χ0v) is 10.2. The van der Waals surface area contributed by atoms with Crippen LogP contribution in [0, 0.1) is 20.8 Å². The van der Waals surface area contributed by atoms with Gasteiger partial charge in [0.05, 0.1) is 11.7 Å². The molecule has 0 bridgehead atoms. The minimum atomic E-state index is 0.591. The molecule has 15 heavy (non-hydrogen) atoms. The van der Waals surface area contributed by atoms with Crippen LogP contribution in [-0.2, 0) is 0 Å². The average molecular weight is 207 g/mol. The van der Waals surface area contributed by atoms with E-state index < -0.39 is 0 Å². The lowest BCUT2D eigenvalue weighted by Gasteiger charge is -2.29. The average Bonchev–Trinajstić information content (AvgIpc) is 2.46. The van der Waals surface area contributed by atoms with E-state index in [-0.39, 0.29) is 0 Å². The second-order valence-corrected chi connectivity index (χ2v) is 4.77. The highest BCUT2D eigenvalue weighted by molar-refractivity contribution is 5.22. The third kappa shape index (κ3) is 1.93. The SMILES string of the molecule is Cc1nn(C2CCNC(C)C2)c(C)c1C. The zero-order chi connectivity index (χ0) is 11.0. The molecule has 0 spiro atoms. The molecule has 2 heterocycles. The van der Waals surface area contributed by atoms with E-state index >= 15 is 0 Å². The molecule has 84 valence electrons. The predicted octanol–water partition coefficient (Wildman–Crippen LogP) is 2.12. The third-order valence-electron chi connectivity index (χ3n) is 3.63. The first-order valence-corrected chi connectivity index (χ1v) is 5.85. The second kappa shape index (κ2) is 3.97. The summed E-state index contributed by atoms with van der Waals surface area (Å²) in [6, 6.07) is 1.21. The van der Waals surface area contributed by atoms with Gasteiger partial charge in [0.1, 0.15) is 0 Å². The maximum Gasteiger partial charge on any atom is 0.0625 e. The molecule has 1 aliphatic heterocycles. The molecule has 1 aromatic heterocycles. The van der Waals surface area contributed by atoms with Gasteiger partial charge in [0, 0.05) is 11.7 Å². The highest BCUT2D eigenvalue weighted by Crippen LogP contribution is 2.24. The van der Waals surface area contributed by atoms with Crippen LogP contribution in [0.25, 0.3) is 0 Å². The molecule has 2 atom stereocenters. The van der Waals surface area contributed by atoms with Gasteiger partial charge in [0.15, 0.2) is 0 Å². The van der Waals surface area contributed by atoms with Crippen molar-refractivity contribution in [2.24, 2.45) is 0 Å². The number of aromatic nitrogens is 2. The lowest BCUT2D eigenvalue weighted by Crippen LogP contribution is -2.37. The Bertz CT molecular complexity index is 354. The Morgan fingerprint density at radius 1 is 1.33 bits per heavy atom. The highest BCUT2D eigenvalue weighted by atomic mass is 15.3. The van der Waals surface area contributed by atoms with E-state index in [2.05, 4.69) is 42.8 Å². The molecule has 0 radical (unpaired) electrons. The van der Waals surface area contributed by atoms with Crippen LogP contribution in [0.15, 0.2) is 0 Å². The first-order chi connectivity index (χ1) is 7.09. The molecule has 0 saturated carbocycles. The van der Waals surface area contributed by atoms with Gasteiger partial charge in [-0.15, -0.1) is 0 Å². The Balaban J connectivity index is 2.25. The van der Waals surface area contributed by atoms with Crippen LogP contribution in [0.4, 0.5) is 0 Å². The van der Waals surface area contributed by atoms with Gasteiger partial charge in [-0.25, -0.2) is 0 Å². The van der Waals surface area contributed by atoms with Crippen molar-refractivity contribution in [3.63, 3.8) is 0 Å². The second-order valence-electron chi connectivity index (χ2n) is 4.77. The molecule has 1 fully saturated rings. The Hall–Kier alpha value is -0.830. The lowest BCUT2D eigenvalue weighted by molar-refractivity contribution is 0.291. The Morgan fingerprint density at radius 2 is 2.07 bits per heavy atom. The molecule has 1 aliphatic rings. The van der Waals surface area contributed by atoms with Crippen LogP contribution in [-0.4, -0.2) is 22.4 Å². The highest BCUT2D eigenvalue weighted by Gasteiger charge is 2.22. The molecule has 2 rings (SSSR count). The molecule has 0 aliphatic carbocycles. The van der Waals surface area contributed by atoms with E-state index in [0.717, 1.165) is 6.54 Å². The van der Waals surface area contributed by atoms with E-state index in [1.807, 2.05) is 0 Å². The number of nitrogens with zero attached hydrogens (tertiary/aromatic N) is 2. The fraction of sp³-hybridized carbons (Fsp3) is 0.750. The number of piperidine rings is 1. The van der Waals surface area contributed by atoms with Crippen molar-refractivity contribution >= 4 is 0 Å². The van der Waals surface area contributed by atoms with Gasteiger partial charge in [0.25, 0.3) is 0 Å². The standard InChI is InChI=1S/C12H21N3/c1-8-7-12(5-6-13-8)15-11(4)9(2)10(3)14-15/h8,12-13H,5-7H2,1-4H3. The van der Waals surface area contributed by atoms with E-state index in [0.29, 0.717) is 12.1 Å². The minimum absolute atomic E-state index is 0.591. The quantitative estimate of drug-likeness (QED) is 0.764. The molecule has 1 aromatic rings. The number of rotatable bonds is 1. The minimum Gasteiger partial charge on any atom is -0.314 e. The first kappa shape index (κ1) is 10.7. The number of hydrogen-bond donors (Lipinski definition) is 1. The van der Waals surface area contributed by atoms with Crippen molar-refractivity contribution in [1.29, 1.82) is 0 Å². The smallest absolute Gasteiger partial charge is 0.0625 e. The number of hydrogen-bond acceptors (Lipinski definition) is 2. The van der Waals surface area contributed by atoms with Crippen molar-refractivity contribution in [2.75, 3.05) is 6.54 Å². The molecule has 0 aromatic carbocycles. The zero-order valence-electron chi connectivity index (χ0n) is 10.2. The van der Waals surface area contributed by atoms with E-state index in [1.54, 1.807) is 0 Å². The van der Waals surface area contributed by atoms with E-state index in [1.165, 1.54) is 29.8 Å². The number of aryl methyl sites for hydroxylation is 1. The summed E-state index contributed by atoms with van der Waals surface area (Å²) in [5.41, 5.74) is 3.87. The summed E-state index contributed by atoms with van der Waals surface area (Å²) in [6.07, 6.45) is 2.40. The number of nitrogens with one attached hydrogen (secondary N) is 1. The van der Waals surface area contributed by atoms with Gasteiger partial charge in [-0.05, 0) is 52.6 Å². The summed E-state index contributed by atoms with van der Waals surface area (Å²) in [4.78, 5) is 0. The summed E-state index contributed by atoms with van der Waals surface area (Å²) in [6.45, 7) is 9.82. The predicted molar refractivity (Wildman–Crippen MR) is 62.2 cm³/mol. The van der Waals surface area contributed by atoms with E-state index in [4.69, 9.17) is 0 Å². The Labute approximate surface area is 91.9 Å². The van der Waals surface area contributed by atoms with Gasteiger partial charge < -0.3 is 5.32 Å². The molecular formula is C12H21N3. The fourth-order valence-electron chi connectivity index (χ4n) is 2.43. The van der Waals surface area contributed by atoms with Crippen molar-refractivity contribution in [1.82, 2.24) is 15.1 Å². The molecule has 3 heteroatoms. The fourth-order valence-corrected chi connectivity index (χ4v) is 2.43. The molecular weight excluding hydrogens is 186 g/mol. The summed E-state index contributed by atoms with van der Waals surface area (Å²) < 4.78 is 2.24. The van der Waals surface area contributed by atoms with Crippen LogP contribution in [0.2, 0.25) is 0 Å². The largest absolute Gasteiger partial charge is 0.314 e. The van der Waals surface area contributed by atoms with Crippen LogP contribution in [0.1, 0.15) is 42.8 Å². The molecule has 3 nitrogen and oxygen atoms in total. The molecule has 0 amide bonds. The monoisotopic (exact) mass is 207 g/mol. The summed E-state index contributed by atoms with van der Waals surface area (Å²) in [5.74, 6) is 0. The first-order valence-electron chi connectivity index (χ1n) is 5.85. The van der Waals surface area contributed by atoms with E-state index in [9.17, 15) is 0 Å².